The molecule has 90 valence electrons. The Morgan fingerprint density at radius 1 is 1.31 bits per heavy atom. The first-order chi connectivity index (χ1) is 7.74. The molecule has 2 bridgehead atoms. The third-order valence-corrected chi connectivity index (χ3v) is 4.61. The van der Waals surface area contributed by atoms with Crippen LogP contribution in [0.5, 0.6) is 0 Å². The van der Waals surface area contributed by atoms with E-state index in [1.54, 1.807) is 0 Å². The SMILES string of the molecule is CC1CN(C(=O)C2CC3CCC2C3)CCO1. The molecule has 1 saturated heterocycles. The molecule has 3 aliphatic rings. The Hall–Kier alpha value is -0.570. The van der Waals surface area contributed by atoms with Gasteiger partial charge in [0, 0.05) is 19.0 Å². The third kappa shape index (κ3) is 1.75. The summed E-state index contributed by atoms with van der Waals surface area (Å²) in [6.07, 6.45) is 5.36. The average molecular weight is 223 g/mol. The van der Waals surface area contributed by atoms with Gasteiger partial charge < -0.3 is 9.64 Å². The largest absolute Gasteiger partial charge is 0.375 e. The highest BCUT2D eigenvalue weighted by Crippen LogP contribution is 2.48. The van der Waals surface area contributed by atoms with Crippen LogP contribution in [0.4, 0.5) is 0 Å². The molecule has 3 heteroatoms. The van der Waals surface area contributed by atoms with Crippen LogP contribution in [0.15, 0.2) is 0 Å². The summed E-state index contributed by atoms with van der Waals surface area (Å²) in [6, 6.07) is 0. The number of ether oxygens (including phenoxy) is 1. The van der Waals surface area contributed by atoms with Crippen molar-refractivity contribution in [3.05, 3.63) is 0 Å². The average Bonchev–Trinajstić information content (AvgIpc) is 2.89. The van der Waals surface area contributed by atoms with Gasteiger partial charge in [0.1, 0.15) is 0 Å². The summed E-state index contributed by atoms with van der Waals surface area (Å²) >= 11 is 0. The fourth-order valence-electron chi connectivity index (χ4n) is 3.80. The Kier molecular flexibility index (Phi) is 2.66. The maximum atomic E-state index is 12.4. The van der Waals surface area contributed by atoms with Crippen molar-refractivity contribution in [2.45, 2.75) is 38.7 Å². The summed E-state index contributed by atoms with van der Waals surface area (Å²) in [4.78, 5) is 14.4. The van der Waals surface area contributed by atoms with E-state index in [1.165, 1.54) is 19.3 Å². The van der Waals surface area contributed by atoms with Crippen LogP contribution in [0.1, 0.15) is 32.6 Å². The molecular weight excluding hydrogens is 202 g/mol. The minimum Gasteiger partial charge on any atom is -0.375 e. The van der Waals surface area contributed by atoms with E-state index in [-0.39, 0.29) is 6.10 Å². The lowest BCUT2D eigenvalue weighted by Gasteiger charge is -2.34. The Morgan fingerprint density at radius 2 is 2.19 bits per heavy atom. The van der Waals surface area contributed by atoms with Crippen molar-refractivity contribution in [2.24, 2.45) is 17.8 Å². The van der Waals surface area contributed by atoms with Gasteiger partial charge in [0.05, 0.1) is 12.7 Å². The van der Waals surface area contributed by atoms with Gasteiger partial charge in [-0.1, -0.05) is 6.42 Å². The van der Waals surface area contributed by atoms with Crippen LogP contribution in [0, 0.1) is 17.8 Å². The van der Waals surface area contributed by atoms with Crippen molar-refractivity contribution in [2.75, 3.05) is 19.7 Å². The van der Waals surface area contributed by atoms with E-state index in [0.29, 0.717) is 24.3 Å². The summed E-state index contributed by atoms with van der Waals surface area (Å²) in [5, 5.41) is 0. The topological polar surface area (TPSA) is 29.5 Å². The van der Waals surface area contributed by atoms with Crippen molar-refractivity contribution in [3.8, 4) is 0 Å². The second-order valence-corrected chi connectivity index (χ2v) is 5.75. The van der Waals surface area contributed by atoms with Crippen LogP contribution in [-0.4, -0.2) is 36.6 Å². The molecule has 3 rings (SSSR count). The standard InChI is InChI=1S/C13H21NO2/c1-9-8-14(4-5-16-9)13(15)12-7-10-2-3-11(12)6-10/h9-12H,2-8H2,1H3. The molecule has 0 aromatic heterocycles. The van der Waals surface area contributed by atoms with Gasteiger partial charge in [0.15, 0.2) is 0 Å². The Morgan fingerprint density at radius 3 is 2.81 bits per heavy atom. The summed E-state index contributed by atoms with van der Waals surface area (Å²) < 4.78 is 5.49. The van der Waals surface area contributed by atoms with Gasteiger partial charge in [-0.3, -0.25) is 4.79 Å². The zero-order chi connectivity index (χ0) is 11.1. The molecule has 1 aliphatic heterocycles. The van der Waals surface area contributed by atoms with E-state index in [0.717, 1.165) is 25.4 Å². The fourth-order valence-corrected chi connectivity index (χ4v) is 3.80. The molecule has 1 amide bonds. The van der Waals surface area contributed by atoms with E-state index in [2.05, 4.69) is 6.92 Å². The monoisotopic (exact) mass is 223 g/mol. The number of carbonyl (C=O) groups excluding carboxylic acids is 1. The van der Waals surface area contributed by atoms with Gasteiger partial charge >= 0.3 is 0 Å². The minimum atomic E-state index is 0.219. The van der Waals surface area contributed by atoms with Crippen LogP contribution in [-0.2, 0) is 9.53 Å². The minimum absolute atomic E-state index is 0.219. The quantitative estimate of drug-likeness (QED) is 0.676. The van der Waals surface area contributed by atoms with E-state index in [9.17, 15) is 4.79 Å². The Labute approximate surface area is 97.1 Å². The molecule has 3 nitrogen and oxygen atoms in total. The fraction of sp³-hybridized carbons (Fsp3) is 0.923. The molecular formula is C13H21NO2. The second-order valence-electron chi connectivity index (χ2n) is 5.75. The Balaban J connectivity index is 1.64. The lowest BCUT2D eigenvalue weighted by molar-refractivity contribution is -0.144. The molecule has 0 radical (unpaired) electrons. The van der Waals surface area contributed by atoms with Crippen molar-refractivity contribution in [1.29, 1.82) is 0 Å². The third-order valence-electron chi connectivity index (χ3n) is 4.61. The van der Waals surface area contributed by atoms with E-state index in [4.69, 9.17) is 4.74 Å². The molecule has 0 aromatic carbocycles. The lowest BCUT2D eigenvalue weighted by atomic mass is 9.87. The summed E-state index contributed by atoms with van der Waals surface area (Å²) in [7, 11) is 0. The number of amides is 1. The van der Waals surface area contributed by atoms with Crippen molar-refractivity contribution >= 4 is 5.91 Å². The zero-order valence-electron chi connectivity index (χ0n) is 10.0. The highest BCUT2D eigenvalue weighted by Gasteiger charge is 2.44. The second kappa shape index (κ2) is 4.02. The first kappa shape index (κ1) is 10.6. The lowest BCUT2D eigenvalue weighted by Crippen LogP contribution is -2.47. The predicted molar refractivity (Wildman–Crippen MR) is 60.9 cm³/mol. The number of carbonyl (C=O) groups is 1. The van der Waals surface area contributed by atoms with Crippen LogP contribution in [0.25, 0.3) is 0 Å². The molecule has 2 aliphatic carbocycles. The van der Waals surface area contributed by atoms with Crippen LogP contribution < -0.4 is 0 Å². The molecule has 3 fully saturated rings. The maximum absolute atomic E-state index is 12.4. The number of rotatable bonds is 1. The number of fused-ring (bicyclic) bond motifs is 2. The first-order valence-electron chi connectivity index (χ1n) is 6.64. The van der Waals surface area contributed by atoms with Gasteiger partial charge in [0.25, 0.3) is 0 Å². The number of morpholine rings is 1. The van der Waals surface area contributed by atoms with Gasteiger partial charge in [-0.25, -0.2) is 0 Å². The van der Waals surface area contributed by atoms with Gasteiger partial charge in [-0.15, -0.1) is 0 Å². The molecule has 1 heterocycles. The van der Waals surface area contributed by atoms with Crippen molar-refractivity contribution in [3.63, 3.8) is 0 Å². The summed E-state index contributed by atoms with van der Waals surface area (Å²) in [5.41, 5.74) is 0. The van der Waals surface area contributed by atoms with E-state index < -0.39 is 0 Å². The molecule has 0 N–H and O–H groups in total. The van der Waals surface area contributed by atoms with E-state index in [1.807, 2.05) is 4.90 Å². The molecule has 4 atom stereocenters. The highest BCUT2D eigenvalue weighted by molar-refractivity contribution is 5.79. The normalized spacial score (nSPS) is 42.7. The molecule has 4 unspecified atom stereocenters. The molecule has 0 spiro atoms. The number of nitrogens with zero attached hydrogens (tertiary/aromatic N) is 1. The predicted octanol–water partition coefficient (Wildman–Crippen LogP) is 1.67. The smallest absolute Gasteiger partial charge is 0.226 e. The van der Waals surface area contributed by atoms with E-state index >= 15 is 0 Å². The van der Waals surface area contributed by atoms with Crippen molar-refractivity contribution < 1.29 is 9.53 Å². The number of hydrogen-bond donors (Lipinski definition) is 0. The zero-order valence-corrected chi connectivity index (χ0v) is 10.0. The number of hydrogen-bond acceptors (Lipinski definition) is 2. The molecule has 0 aromatic rings. The maximum Gasteiger partial charge on any atom is 0.226 e. The van der Waals surface area contributed by atoms with Gasteiger partial charge in [-0.2, -0.15) is 0 Å². The van der Waals surface area contributed by atoms with Crippen LogP contribution in [0.2, 0.25) is 0 Å². The Bertz CT molecular complexity index is 292. The van der Waals surface area contributed by atoms with Gasteiger partial charge in [-0.05, 0) is 38.0 Å². The highest BCUT2D eigenvalue weighted by atomic mass is 16.5. The first-order valence-corrected chi connectivity index (χ1v) is 6.64. The van der Waals surface area contributed by atoms with Crippen LogP contribution in [0.3, 0.4) is 0 Å². The van der Waals surface area contributed by atoms with Crippen LogP contribution >= 0.6 is 0 Å². The molecule has 2 saturated carbocycles. The summed E-state index contributed by atoms with van der Waals surface area (Å²) in [6.45, 7) is 4.37. The summed E-state index contributed by atoms with van der Waals surface area (Å²) in [5.74, 6) is 2.33. The van der Waals surface area contributed by atoms with Gasteiger partial charge in [0.2, 0.25) is 5.91 Å². The van der Waals surface area contributed by atoms with Crippen molar-refractivity contribution in [1.82, 2.24) is 4.90 Å². The molecule has 16 heavy (non-hydrogen) atoms.